The number of hydrogen-bond acceptors (Lipinski definition) is 5. The van der Waals surface area contributed by atoms with E-state index >= 15 is 0 Å². The zero-order valence-corrected chi connectivity index (χ0v) is 18.3. The maximum absolute atomic E-state index is 14.1. The number of benzene rings is 1. The van der Waals surface area contributed by atoms with Crippen molar-refractivity contribution in [3.05, 3.63) is 40.2 Å². The molecule has 0 unspecified atom stereocenters. The Labute approximate surface area is 182 Å². The van der Waals surface area contributed by atoms with Gasteiger partial charge in [-0.3, -0.25) is 9.36 Å². The van der Waals surface area contributed by atoms with E-state index in [0.717, 1.165) is 0 Å². The molecule has 4 N–H and O–H groups in total. The van der Waals surface area contributed by atoms with Gasteiger partial charge in [-0.15, -0.1) is 0 Å². The molecule has 1 aliphatic rings. The molecule has 0 fully saturated rings. The zero-order valence-electron chi connectivity index (χ0n) is 18.3. The molecular weight excluding hydrogens is 425 g/mol. The van der Waals surface area contributed by atoms with Gasteiger partial charge in [0, 0.05) is 17.4 Å². The second kappa shape index (κ2) is 6.78. The molecule has 0 radical (unpaired) electrons. The maximum Gasteiger partial charge on any atom is 0.434 e. The first-order valence-corrected chi connectivity index (χ1v) is 9.85. The highest BCUT2D eigenvalue weighted by atomic mass is 19.4. The van der Waals surface area contributed by atoms with Crippen LogP contribution in [0, 0.1) is 13.8 Å². The average molecular weight is 448 g/mol. The standard InChI is InChI=1S/C22H23F3N4O3/c1-9-6-7-12(31-5)10(2)15(9)29-16-13(14(19(29)26)20(27)30)18(22(23,24)25)28-11-8-21(3,4)32-17(11)16/h6-7H,8,26H2,1-5H3,(H2,27,30). The van der Waals surface area contributed by atoms with Gasteiger partial charge < -0.3 is 20.9 Å². The van der Waals surface area contributed by atoms with E-state index in [1.807, 2.05) is 0 Å². The van der Waals surface area contributed by atoms with Crippen LogP contribution in [0.15, 0.2) is 12.1 Å². The number of aryl methyl sites for hydroxylation is 1. The van der Waals surface area contributed by atoms with Crippen molar-refractivity contribution in [1.29, 1.82) is 0 Å². The third kappa shape index (κ3) is 3.04. The summed E-state index contributed by atoms with van der Waals surface area (Å²) < 4.78 is 55.2. The Bertz CT molecular complexity index is 1290. The Morgan fingerprint density at radius 3 is 2.50 bits per heavy atom. The van der Waals surface area contributed by atoms with E-state index in [2.05, 4.69) is 4.98 Å². The number of alkyl halides is 3. The van der Waals surface area contributed by atoms with Crippen molar-refractivity contribution >= 4 is 22.6 Å². The van der Waals surface area contributed by atoms with Gasteiger partial charge in [0.05, 0.1) is 24.1 Å². The minimum absolute atomic E-state index is 0.0126. The fraction of sp³-hybridized carbons (Fsp3) is 0.364. The number of pyridine rings is 1. The van der Waals surface area contributed by atoms with E-state index in [9.17, 15) is 18.0 Å². The van der Waals surface area contributed by atoms with Gasteiger partial charge >= 0.3 is 6.18 Å². The molecule has 0 saturated heterocycles. The zero-order chi connectivity index (χ0) is 23.7. The van der Waals surface area contributed by atoms with Gasteiger partial charge in [0.15, 0.2) is 11.4 Å². The molecule has 0 aliphatic carbocycles. The number of carbonyl (C=O) groups excluding carboxylic acids is 1. The summed E-state index contributed by atoms with van der Waals surface area (Å²) in [4.78, 5) is 16.2. The van der Waals surface area contributed by atoms with E-state index in [1.54, 1.807) is 39.8 Å². The number of nitrogens with two attached hydrogens (primary N) is 2. The normalized spacial score (nSPS) is 15.0. The predicted octanol–water partition coefficient (Wildman–Crippen LogP) is 4.06. The summed E-state index contributed by atoms with van der Waals surface area (Å²) in [6.45, 7) is 7.05. The van der Waals surface area contributed by atoms with Crippen molar-refractivity contribution in [1.82, 2.24) is 9.55 Å². The summed E-state index contributed by atoms with van der Waals surface area (Å²) in [5.41, 5.74) is 11.4. The number of methoxy groups -OCH3 is 1. The fourth-order valence-electron chi connectivity index (χ4n) is 4.43. The largest absolute Gasteiger partial charge is 0.496 e. The van der Waals surface area contributed by atoms with Gasteiger partial charge in [-0.05, 0) is 39.3 Å². The van der Waals surface area contributed by atoms with Crippen molar-refractivity contribution in [3.63, 3.8) is 0 Å². The topological polar surface area (TPSA) is 105 Å². The van der Waals surface area contributed by atoms with Gasteiger partial charge in [0.1, 0.15) is 22.7 Å². The van der Waals surface area contributed by atoms with Gasteiger partial charge in [-0.2, -0.15) is 13.2 Å². The molecule has 4 rings (SSSR count). The summed E-state index contributed by atoms with van der Waals surface area (Å²) in [5.74, 6) is -0.649. The molecule has 1 aromatic carbocycles. The number of nitrogen functional groups attached to an aromatic ring is 1. The van der Waals surface area contributed by atoms with Crippen LogP contribution in [0.25, 0.3) is 16.6 Å². The predicted molar refractivity (Wildman–Crippen MR) is 113 cm³/mol. The molecule has 0 atom stereocenters. The Morgan fingerprint density at radius 2 is 1.94 bits per heavy atom. The van der Waals surface area contributed by atoms with Gasteiger partial charge in [0.2, 0.25) is 0 Å². The van der Waals surface area contributed by atoms with Crippen LogP contribution < -0.4 is 20.9 Å². The summed E-state index contributed by atoms with van der Waals surface area (Å²) >= 11 is 0. The highest BCUT2D eigenvalue weighted by molar-refractivity contribution is 6.14. The Morgan fingerprint density at radius 1 is 1.28 bits per heavy atom. The Balaban J connectivity index is 2.29. The SMILES string of the molecule is COc1ccc(C)c(-n2c(N)c(C(N)=O)c3c(C(F)(F)F)nc4c(c32)OC(C)(C)C4)c1C. The monoisotopic (exact) mass is 448 g/mol. The molecule has 1 aliphatic heterocycles. The maximum atomic E-state index is 14.1. The van der Waals surface area contributed by atoms with Crippen LogP contribution >= 0.6 is 0 Å². The van der Waals surface area contributed by atoms with Crippen LogP contribution in [-0.4, -0.2) is 28.2 Å². The second-order valence-electron chi connectivity index (χ2n) is 8.51. The molecule has 10 heteroatoms. The number of amides is 1. The van der Waals surface area contributed by atoms with Crippen molar-refractivity contribution in [2.24, 2.45) is 5.73 Å². The van der Waals surface area contributed by atoms with Crippen LogP contribution in [0.2, 0.25) is 0 Å². The minimum Gasteiger partial charge on any atom is -0.496 e. The molecular formula is C22H23F3N4O3. The molecule has 7 nitrogen and oxygen atoms in total. The van der Waals surface area contributed by atoms with Gasteiger partial charge in [-0.1, -0.05) is 6.07 Å². The first-order chi connectivity index (χ1) is 14.8. The van der Waals surface area contributed by atoms with E-state index in [0.29, 0.717) is 22.6 Å². The van der Waals surface area contributed by atoms with E-state index < -0.39 is 34.3 Å². The number of primary amides is 1. The number of ether oxygens (including phenoxy) is 2. The summed E-state index contributed by atoms with van der Waals surface area (Å²) in [7, 11) is 1.49. The van der Waals surface area contributed by atoms with Crippen molar-refractivity contribution in [3.8, 4) is 17.2 Å². The molecule has 2 aromatic heterocycles. The number of carbonyl (C=O) groups is 1. The molecule has 1 amide bonds. The first-order valence-electron chi connectivity index (χ1n) is 9.85. The number of nitrogens with zero attached hydrogens (tertiary/aromatic N) is 2. The van der Waals surface area contributed by atoms with Crippen LogP contribution in [-0.2, 0) is 12.6 Å². The number of hydrogen-bond donors (Lipinski definition) is 2. The molecule has 32 heavy (non-hydrogen) atoms. The lowest BCUT2D eigenvalue weighted by molar-refractivity contribution is -0.139. The third-order valence-electron chi connectivity index (χ3n) is 5.68. The lowest BCUT2D eigenvalue weighted by Gasteiger charge is -2.20. The average Bonchev–Trinajstić information content (AvgIpc) is 3.13. The number of halogens is 3. The molecule has 0 spiro atoms. The number of rotatable bonds is 3. The van der Waals surface area contributed by atoms with E-state index in [4.69, 9.17) is 20.9 Å². The number of fused-ring (bicyclic) bond motifs is 3. The Kier molecular flexibility index (Phi) is 4.62. The molecule has 0 saturated carbocycles. The highest BCUT2D eigenvalue weighted by Crippen LogP contribution is 2.49. The highest BCUT2D eigenvalue weighted by Gasteiger charge is 2.44. The molecule has 3 heterocycles. The lowest BCUT2D eigenvalue weighted by Crippen LogP contribution is -2.25. The van der Waals surface area contributed by atoms with Crippen LogP contribution in [0.1, 0.15) is 46.7 Å². The summed E-state index contributed by atoms with van der Waals surface area (Å²) in [6, 6.07) is 3.51. The van der Waals surface area contributed by atoms with Crippen LogP contribution in [0.5, 0.6) is 11.5 Å². The minimum atomic E-state index is -4.85. The first kappa shape index (κ1) is 21.8. The van der Waals surface area contributed by atoms with Crippen LogP contribution in [0.3, 0.4) is 0 Å². The van der Waals surface area contributed by atoms with Gasteiger partial charge in [-0.25, -0.2) is 4.98 Å². The van der Waals surface area contributed by atoms with E-state index in [-0.39, 0.29) is 29.2 Å². The van der Waals surface area contributed by atoms with E-state index in [1.165, 1.54) is 11.7 Å². The smallest absolute Gasteiger partial charge is 0.434 e. The van der Waals surface area contributed by atoms with Crippen LogP contribution in [0.4, 0.5) is 19.0 Å². The summed E-state index contributed by atoms with van der Waals surface area (Å²) in [5, 5.41) is -0.472. The fourth-order valence-corrected chi connectivity index (χ4v) is 4.43. The lowest BCUT2D eigenvalue weighted by atomic mass is 10.0. The molecule has 0 bridgehead atoms. The second-order valence-corrected chi connectivity index (χ2v) is 8.51. The van der Waals surface area contributed by atoms with Crippen molar-refractivity contribution in [2.75, 3.05) is 12.8 Å². The molecule has 170 valence electrons. The van der Waals surface area contributed by atoms with Gasteiger partial charge in [0.25, 0.3) is 5.91 Å². The number of anilines is 1. The molecule has 3 aromatic rings. The van der Waals surface area contributed by atoms with Crippen molar-refractivity contribution in [2.45, 2.75) is 45.9 Å². The summed E-state index contributed by atoms with van der Waals surface area (Å²) in [6.07, 6.45) is -4.68. The third-order valence-corrected chi connectivity index (χ3v) is 5.68. The van der Waals surface area contributed by atoms with Crippen molar-refractivity contribution < 1.29 is 27.4 Å². The number of aromatic nitrogens is 2. The quantitative estimate of drug-likeness (QED) is 0.629. The Hall–Kier alpha value is -3.43.